The minimum atomic E-state index is -0.572. The standard InChI is InChI=1S/C17H18ClN3O3/c1-2-11-24-15-6-4-3-5-14(15)16(22)20-21-17(23)19-13-9-7-12(18)8-10-13/h3-10H,2,11H2,1H3,(H,20,22)(H2,19,21,23). The van der Waals surface area contributed by atoms with Crippen molar-refractivity contribution in [3.05, 3.63) is 59.1 Å². The lowest BCUT2D eigenvalue weighted by Crippen LogP contribution is -2.44. The van der Waals surface area contributed by atoms with Crippen LogP contribution in [0.3, 0.4) is 0 Å². The van der Waals surface area contributed by atoms with Gasteiger partial charge >= 0.3 is 6.03 Å². The molecule has 7 heteroatoms. The van der Waals surface area contributed by atoms with E-state index < -0.39 is 11.9 Å². The summed E-state index contributed by atoms with van der Waals surface area (Å²) in [7, 11) is 0. The molecule has 2 rings (SSSR count). The Balaban J connectivity index is 1.90. The first-order valence-corrected chi connectivity index (χ1v) is 7.82. The van der Waals surface area contributed by atoms with Crippen molar-refractivity contribution in [2.75, 3.05) is 11.9 Å². The van der Waals surface area contributed by atoms with Gasteiger partial charge in [-0.1, -0.05) is 30.7 Å². The van der Waals surface area contributed by atoms with Crippen LogP contribution < -0.4 is 20.9 Å². The molecule has 0 aliphatic heterocycles. The van der Waals surface area contributed by atoms with Crippen LogP contribution in [0.15, 0.2) is 48.5 Å². The zero-order valence-corrected chi connectivity index (χ0v) is 13.9. The predicted molar refractivity (Wildman–Crippen MR) is 93.3 cm³/mol. The lowest BCUT2D eigenvalue weighted by atomic mass is 10.2. The molecule has 126 valence electrons. The number of anilines is 1. The molecule has 0 aliphatic carbocycles. The topological polar surface area (TPSA) is 79.5 Å². The molecule has 6 nitrogen and oxygen atoms in total. The summed E-state index contributed by atoms with van der Waals surface area (Å²) in [4.78, 5) is 24.0. The molecule has 3 N–H and O–H groups in total. The first-order valence-electron chi connectivity index (χ1n) is 7.45. The van der Waals surface area contributed by atoms with Gasteiger partial charge in [0.15, 0.2) is 0 Å². The van der Waals surface area contributed by atoms with Crippen molar-refractivity contribution in [2.45, 2.75) is 13.3 Å². The molecule has 0 saturated heterocycles. The molecule has 0 unspecified atom stereocenters. The SMILES string of the molecule is CCCOc1ccccc1C(=O)NNC(=O)Nc1ccc(Cl)cc1. The van der Waals surface area contributed by atoms with E-state index in [9.17, 15) is 9.59 Å². The summed E-state index contributed by atoms with van der Waals surface area (Å²) in [6.45, 7) is 2.49. The maximum Gasteiger partial charge on any atom is 0.337 e. The number of para-hydroxylation sites is 1. The number of urea groups is 1. The normalized spacial score (nSPS) is 9.92. The van der Waals surface area contributed by atoms with Gasteiger partial charge in [-0.15, -0.1) is 0 Å². The van der Waals surface area contributed by atoms with E-state index in [-0.39, 0.29) is 0 Å². The molecule has 0 saturated carbocycles. The molecule has 0 aromatic heterocycles. The van der Waals surface area contributed by atoms with Crippen LogP contribution >= 0.6 is 11.6 Å². The monoisotopic (exact) mass is 347 g/mol. The fourth-order valence-corrected chi connectivity index (χ4v) is 1.99. The Hall–Kier alpha value is -2.73. The smallest absolute Gasteiger partial charge is 0.337 e. The summed E-state index contributed by atoms with van der Waals surface area (Å²) in [5.74, 6) is 0.00437. The number of halogens is 1. The van der Waals surface area contributed by atoms with Crippen LogP contribution in [0.5, 0.6) is 5.75 Å². The van der Waals surface area contributed by atoms with E-state index in [2.05, 4.69) is 16.2 Å². The van der Waals surface area contributed by atoms with E-state index in [1.807, 2.05) is 6.92 Å². The van der Waals surface area contributed by atoms with Crippen molar-refractivity contribution < 1.29 is 14.3 Å². The summed E-state index contributed by atoms with van der Waals surface area (Å²) < 4.78 is 5.52. The maximum atomic E-state index is 12.2. The van der Waals surface area contributed by atoms with Gasteiger partial charge in [0.1, 0.15) is 5.75 Å². The van der Waals surface area contributed by atoms with Crippen LogP contribution in [-0.2, 0) is 0 Å². The van der Waals surface area contributed by atoms with Gasteiger partial charge in [-0.3, -0.25) is 10.2 Å². The van der Waals surface area contributed by atoms with Gasteiger partial charge in [0.2, 0.25) is 0 Å². The van der Waals surface area contributed by atoms with Crippen molar-refractivity contribution in [2.24, 2.45) is 0 Å². The number of rotatable bonds is 5. The van der Waals surface area contributed by atoms with Gasteiger partial charge in [0.05, 0.1) is 12.2 Å². The van der Waals surface area contributed by atoms with Crippen molar-refractivity contribution in [1.82, 2.24) is 10.9 Å². The van der Waals surface area contributed by atoms with Gasteiger partial charge in [-0.05, 0) is 42.8 Å². The molecular formula is C17H18ClN3O3. The van der Waals surface area contributed by atoms with Gasteiger partial charge in [-0.2, -0.15) is 0 Å². The molecular weight excluding hydrogens is 330 g/mol. The third-order valence-corrected chi connectivity index (χ3v) is 3.24. The van der Waals surface area contributed by atoms with Crippen molar-refractivity contribution in [3.8, 4) is 5.75 Å². The zero-order chi connectivity index (χ0) is 17.4. The second-order valence-corrected chi connectivity index (χ2v) is 5.32. The molecule has 0 aliphatic rings. The highest BCUT2D eigenvalue weighted by atomic mass is 35.5. The van der Waals surface area contributed by atoms with Gasteiger partial charge in [0.25, 0.3) is 5.91 Å². The highest BCUT2D eigenvalue weighted by Gasteiger charge is 2.12. The summed E-state index contributed by atoms with van der Waals surface area (Å²) >= 11 is 5.77. The average molecular weight is 348 g/mol. The highest BCUT2D eigenvalue weighted by molar-refractivity contribution is 6.30. The molecule has 0 fully saturated rings. The molecule has 0 atom stereocenters. The fraction of sp³-hybridized carbons (Fsp3) is 0.176. The minimum Gasteiger partial charge on any atom is -0.493 e. The number of carbonyl (C=O) groups excluding carboxylic acids is 2. The number of hydrogen-bond acceptors (Lipinski definition) is 3. The summed E-state index contributed by atoms with van der Waals surface area (Å²) in [6, 6.07) is 12.9. The Kier molecular flexibility index (Phi) is 6.45. The van der Waals surface area contributed by atoms with Crippen LogP contribution in [-0.4, -0.2) is 18.5 Å². The fourth-order valence-electron chi connectivity index (χ4n) is 1.87. The lowest BCUT2D eigenvalue weighted by molar-refractivity contribution is 0.0934. The summed E-state index contributed by atoms with van der Waals surface area (Å²) in [5.41, 5.74) is 5.53. The molecule has 3 amide bonds. The number of hydrogen-bond donors (Lipinski definition) is 3. The molecule has 24 heavy (non-hydrogen) atoms. The van der Waals surface area contributed by atoms with Crippen LogP contribution in [0.25, 0.3) is 0 Å². The highest BCUT2D eigenvalue weighted by Crippen LogP contribution is 2.17. The molecule has 0 bridgehead atoms. The summed E-state index contributed by atoms with van der Waals surface area (Å²) in [6.07, 6.45) is 0.831. The van der Waals surface area contributed by atoms with Crippen LogP contribution in [0.4, 0.5) is 10.5 Å². The number of amides is 3. The Bertz CT molecular complexity index is 704. The number of nitrogens with one attached hydrogen (secondary N) is 3. The molecule has 2 aromatic rings. The van der Waals surface area contributed by atoms with Crippen LogP contribution in [0.1, 0.15) is 23.7 Å². The molecule has 0 heterocycles. The Morgan fingerprint density at radius 1 is 1.04 bits per heavy atom. The van der Waals surface area contributed by atoms with E-state index in [0.29, 0.717) is 28.6 Å². The van der Waals surface area contributed by atoms with E-state index in [1.165, 1.54) is 0 Å². The van der Waals surface area contributed by atoms with E-state index >= 15 is 0 Å². The Labute approximate surface area is 145 Å². The van der Waals surface area contributed by atoms with E-state index in [0.717, 1.165) is 6.42 Å². The Morgan fingerprint density at radius 2 is 1.75 bits per heavy atom. The molecule has 0 radical (unpaired) electrons. The minimum absolute atomic E-state index is 0.345. The third kappa shape index (κ3) is 5.17. The quantitative estimate of drug-likeness (QED) is 0.723. The van der Waals surface area contributed by atoms with Crippen LogP contribution in [0.2, 0.25) is 5.02 Å². The molecule has 2 aromatic carbocycles. The third-order valence-electron chi connectivity index (χ3n) is 2.99. The predicted octanol–water partition coefficient (Wildman–Crippen LogP) is 3.60. The van der Waals surface area contributed by atoms with Gasteiger partial charge < -0.3 is 10.1 Å². The number of benzene rings is 2. The van der Waals surface area contributed by atoms with Gasteiger partial charge in [0, 0.05) is 10.7 Å². The average Bonchev–Trinajstić information content (AvgIpc) is 2.60. The maximum absolute atomic E-state index is 12.2. The van der Waals surface area contributed by atoms with E-state index in [4.69, 9.17) is 16.3 Å². The van der Waals surface area contributed by atoms with Crippen LogP contribution in [0, 0.1) is 0 Å². The first kappa shape index (κ1) is 17.6. The number of ether oxygens (including phenoxy) is 1. The van der Waals surface area contributed by atoms with Gasteiger partial charge in [-0.25, -0.2) is 10.2 Å². The largest absolute Gasteiger partial charge is 0.493 e. The van der Waals surface area contributed by atoms with Crippen molar-refractivity contribution >= 4 is 29.2 Å². The second-order valence-electron chi connectivity index (χ2n) is 4.88. The lowest BCUT2D eigenvalue weighted by Gasteiger charge is -2.12. The second kappa shape index (κ2) is 8.79. The molecule has 0 spiro atoms. The van der Waals surface area contributed by atoms with Crippen molar-refractivity contribution in [3.63, 3.8) is 0 Å². The van der Waals surface area contributed by atoms with Crippen molar-refractivity contribution in [1.29, 1.82) is 0 Å². The Morgan fingerprint density at radius 3 is 2.46 bits per heavy atom. The number of hydrazine groups is 1. The zero-order valence-electron chi connectivity index (χ0n) is 13.1. The first-order chi connectivity index (χ1) is 11.6. The van der Waals surface area contributed by atoms with E-state index in [1.54, 1.807) is 48.5 Å². The summed E-state index contributed by atoms with van der Waals surface area (Å²) in [5, 5.41) is 3.14. The number of carbonyl (C=O) groups is 2.